The van der Waals surface area contributed by atoms with Gasteiger partial charge in [0.2, 0.25) is 11.9 Å². The van der Waals surface area contributed by atoms with E-state index in [0.29, 0.717) is 78.8 Å². The van der Waals surface area contributed by atoms with Crippen LogP contribution in [0.2, 0.25) is 0 Å². The van der Waals surface area contributed by atoms with Crippen LogP contribution in [-0.4, -0.2) is 120 Å². The molecule has 0 aliphatic carbocycles. The maximum Gasteiger partial charge on any atom is 0.229 e. The van der Waals surface area contributed by atoms with Gasteiger partial charge in [0.25, 0.3) is 0 Å². The summed E-state index contributed by atoms with van der Waals surface area (Å²) < 4.78 is 7.18. The first-order valence-corrected chi connectivity index (χ1v) is 23.2. The van der Waals surface area contributed by atoms with Gasteiger partial charge in [-0.15, -0.1) is 0 Å². The maximum atomic E-state index is 12.7. The normalized spacial score (nSPS) is 15.8. The smallest absolute Gasteiger partial charge is 0.229 e. The van der Waals surface area contributed by atoms with Gasteiger partial charge in [-0.25, -0.2) is 19.3 Å². The number of β-amino-alcohol motifs (C(OH)–C–C–N with tert-alkyl or cyclic N) is 2. The molecule has 0 unspecified atom stereocenters. The highest BCUT2D eigenvalue weighted by molar-refractivity contribution is 6.10. The number of carbonyl (C=O) groups excluding carboxylic acids is 3. The van der Waals surface area contributed by atoms with Crippen LogP contribution in [0.25, 0.3) is 33.4 Å². The Morgan fingerprint density at radius 3 is 1.72 bits per heavy atom. The Labute approximate surface area is 409 Å². The molecule has 0 radical (unpaired) electrons. The summed E-state index contributed by atoms with van der Waals surface area (Å²) in [5.74, 6) is 2.04. The zero-order chi connectivity index (χ0) is 50.5. The van der Waals surface area contributed by atoms with Crippen molar-refractivity contribution in [3.63, 3.8) is 0 Å². The van der Waals surface area contributed by atoms with Crippen LogP contribution in [0.3, 0.4) is 0 Å². The predicted octanol–water partition coefficient (Wildman–Crippen LogP) is 5.89. The Morgan fingerprint density at radius 2 is 1.28 bits per heavy atom. The van der Waals surface area contributed by atoms with Gasteiger partial charge in [0.05, 0.1) is 55.5 Å². The molecule has 0 amide bonds. The molecule has 2 atom stereocenters. The number of nitrogens with one attached hydrogen (secondary N) is 3. The molecule has 2 aromatic carbocycles. The highest BCUT2D eigenvalue weighted by Crippen LogP contribution is 2.29. The number of carbonyl (C=O) groups is 3. The topological polar surface area (TPSA) is 247 Å². The maximum absolute atomic E-state index is 12.7. The Morgan fingerprint density at radius 1 is 0.746 bits per heavy atom. The molecule has 2 saturated heterocycles. The van der Waals surface area contributed by atoms with Crippen molar-refractivity contribution in [2.24, 2.45) is 25.9 Å². The third-order valence-corrected chi connectivity index (χ3v) is 11.8. The third kappa shape index (κ3) is 11.6. The van der Waals surface area contributed by atoms with Crippen LogP contribution in [0.15, 0.2) is 85.7 Å². The number of aromatic nitrogens is 10. The predicted molar refractivity (Wildman–Crippen MR) is 266 cm³/mol. The number of hydrogen-bond donors (Lipinski definition) is 5. The second-order valence-electron chi connectivity index (χ2n) is 18.0. The Hall–Kier alpha value is -7.53. The van der Waals surface area contributed by atoms with Gasteiger partial charge in [-0.2, -0.15) is 30.7 Å². The molecule has 21 heteroatoms. The summed E-state index contributed by atoms with van der Waals surface area (Å²) in [6, 6.07) is 15.2. The molecular formula is C50H58N14O7. The van der Waals surface area contributed by atoms with Crippen LogP contribution >= 0.6 is 0 Å². The lowest BCUT2D eigenvalue weighted by atomic mass is 10.0. The van der Waals surface area contributed by atoms with Crippen molar-refractivity contribution in [2.75, 3.05) is 36.9 Å². The molecule has 370 valence electrons. The van der Waals surface area contributed by atoms with E-state index in [1.54, 1.807) is 52.1 Å². The van der Waals surface area contributed by atoms with E-state index in [1.165, 1.54) is 0 Å². The number of aliphatic hydroxyl groups excluding tert-OH is 2. The van der Waals surface area contributed by atoms with E-state index in [4.69, 9.17) is 9.94 Å². The van der Waals surface area contributed by atoms with E-state index in [-0.39, 0.29) is 29.5 Å². The van der Waals surface area contributed by atoms with Crippen LogP contribution in [-0.2, 0) is 30.3 Å². The first kappa shape index (κ1) is 49.9. The highest BCUT2D eigenvalue weighted by Gasteiger charge is 2.24. The van der Waals surface area contributed by atoms with Crippen molar-refractivity contribution in [1.82, 2.24) is 59.2 Å². The molecular weight excluding hydrogens is 909 g/mol. The Bertz CT molecular complexity index is 3200. The SMILES string of the molecule is Cc1nn(-c2ccnc(Nc3ccc4c(c3)c(C(=O)C(C)C)cn4C)n2)cc1C=O.Cc1nn(-c2ccnc(Nc3ccc4c(c3)c(C(=O)C(C)C)cn4C)n2)cc1CN1C[C@H](O)CO1.O[C@H]1CNOC1. The van der Waals surface area contributed by atoms with Crippen LogP contribution in [0.4, 0.5) is 23.3 Å². The average molecular weight is 967 g/mol. The Balaban J connectivity index is 0.000000172. The molecule has 21 nitrogen and oxygen atoms in total. The quantitative estimate of drug-likeness (QED) is 0.0668. The minimum atomic E-state index is -0.462. The fourth-order valence-electron chi connectivity index (χ4n) is 7.96. The lowest BCUT2D eigenvalue weighted by molar-refractivity contribution is -0.118. The van der Waals surface area contributed by atoms with Crippen molar-refractivity contribution >= 4 is 62.9 Å². The molecule has 0 saturated carbocycles. The van der Waals surface area contributed by atoms with E-state index < -0.39 is 6.10 Å². The number of aryl methyl sites for hydroxylation is 4. The number of fused-ring (bicyclic) bond motifs is 2. The lowest BCUT2D eigenvalue weighted by Crippen LogP contribution is -2.20. The summed E-state index contributed by atoms with van der Waals surface area (Å²) in [5, 5.41) is 37.1. The van der Waals surface area contributed by atoms with Crippen molar-refractivity contribution < 1.29 is 34.3 Å². The molecule has 6 aromatic heterocycles. The van der Waals surface area contributed by atoms with Gasteiger partial charge in [-0.3, -0.25) is 24.1 Å². The van der Waals surface area contributed by atoms with Gasteiger partial charge in [-0.05, 0) is 50.2 Å². The highest BCUT2D eigenvalue weighted by atomic mass is 16.7. The number of anilines is 4. The summed E-state index contributed by atoms with van der Waals surface area (Å²) >= 11 is 0. The van der Waals surface area contributed by atoms with Crippen molar-refractivity contribution in [2.45, 2.75) is 60.3 Å². The molecule has 0 bridgehead atoms. The van der Waals surface area contributed by atoms with Crippen LogP contribution in [0, 0.1) is 25.7 Å². The van der Waals surface area contributed by atoms with Crippen LogP contribution < -0.4 is 16.1 Å². The minimum Gasteiger partial charge on any atom is -0.389 e. The van der Waals surface area contributed by atoms with E-state index in [0.717, 1.165) is 50.7 Å². The first-order valence-electron chi connectivity index (χ1n) is 23.2. The second-order valence-corrected chi connectivity index (χ2v) is 18.0. The number of aldehydes is 1. The summed E-state index contributed by atoms with van der Waals surface area (Å²) in [7, 11) is 3.87. The van der Waals surface area contributed by atoms with Gasteiger partial charge >= 0.3 is 0 Å². The molecule has 2 aliphatic heterocycles. The molecule has 2 aliphatic rings. The standard InChI is InChI=1S/C25H29N7O3.C22H22N6O2.C3H7NO2/c1-15(2)24(34)21-13-30(4)22-6-5-18(9-20(21)22)27-25-26-8-7-23(28-25)32-11-17(16(3)29-32)10-31-12-19(33)14-35-31;1-13(2)21(30)18-11-27(4)19-6-5-16(9-17(18)19)24-22-23-8-7-20(25-22)28-10-15(12-29)14(3)26-28;5-3-1-4-6-2-3/h5-9,11,13,15,19,33H,10,12,14H2,1-4H3,(H,26,27,28);5-13H,1-4H3,(H,23,24,25);3-5H,1-2H2/t19-;;3-/m0.0/s1. The fourth-order valence-corrected chi connectivity index (χ4v) is 7.96. The van der Waals surface area contributed by atoms with Crippen molar-refractivity contribution in [3.05, 3.63) is 119 Å². The van der Waals surface area contributed by atoms with Gasteiger partial charge in [0, 0.05) is 132 Å². The lowest BCUT2D eigenvalue weighted by Gasteiger charge is -2.12. The molecule has 2 fully saturated rings. The zero-order valence-electron chi connectivity index (χ0n) is 40.9. The molecule has 5 N–H and O–H groups in total. The van der Waals surface area contributed by atoms with E-state index in [1.807, 2.05) is 113 Å². The van der Waals surface area contributed by atoms with Crippen LogP contribution in [0.5, 0.6) is 0 Å². The van der Waals surface area contributed by atoms with Gasteiger partial charge in [0.1, 0.15) is 0 Å². The number of hydroxylamine groups is 3. The minimum absolute atomic E-state index is 0.0817. The molecule has 71 heavy (non-hydrogen) atoms. The fraction of sp³-hybridized carbons (Fsp3) is 0.340. The third-order valence-electron chi connectivity index (χ3n) is 11.8. The summed E-state index contributed by atoms with van der Waals surface area (Å²) in [6.45, 7) is 13.6. The zero-order valence-corrected chi connectivity index (χ0v) is 40.9. The van der Waals surface area contributed by atoms with Crippen LogP contribution in [0.1, 0.15) is 75.7 Å². The molecule has 8 heterocycles. The number of benzene rings is 2. The van der Waals surface area contributed by atoms with Gasteiger partial charge in [0.15, 0.2) is 29.5 Å². The van der Waals surface area contributed by atoms with E-state index >= 15 is 0 Å². The second kappa shape index (κ2) is 21.6. The van der Waals surface area contributed by atoms with E-state index in [2.05, 4.69) is 51.1 Å². The number of ketones is 2. The van der Waals surface area contributed by atoms with Gasteiger partial charge < -0.3 is 30.0 Å². The number of nitrogens with zero attached hydrogens (tertiary/aromatic N) is 11. The summed E-state index contributed by atoms with van der Waals surface area (Å²) in [5.41, 5.74) is 10.5. The molecule has 10 rings (SSSR count). The largest absolute Gasteiger partial charge is 0.389 e. The number of Topliss-reactive ketones (excluding diaryl/α,β-unsaturated/α-hetero) is 2. The summed E-state index contributed by atoms with van der Waals surface area (Å²) in [6.07, 6.45) is 10.6. The summed E-state index contributed by atoms with van der Waals surface area (Å²) in [4.78, 5) is 64.2. The Kier molecular flexibility index (Phi) is 15.2. The number of aliphatic hydroxyl groups is 2. The average Bonchev–Trinajstić information content (AvgIpc) is 4.24. The molecule has 0 spiro atoms. The number of hydrogen-bond acceptors (Lipinski definition) is 17. The first-order chi connectivity index (χ1) is 34.0. The number of rotatable bonds is 13. The monoisotopic (exact) mass is 966 g/mol. The van der Waals surface area contributed by atoms with E-state index in [9.17, 15) is 19.5 Å². The van der Waals surface area contributed by atoms with Crippen molar-refractivity contribution in [1.29, 1.82) is 0 Å². The van der Waals surface area contributed by atoms with Gasteiger partial charge in [-0.1, -0.05) is 27.7 Å². The molecule has 8 aromatic rings. The van der Waals surface area contributed by atoms with Crippen molar-refractivity contribution in [3.8, 4) is 11.6 Å².